The van der Waals surface area contributed by atoms with Gasteiger partial charge in [0.05, 0.1) is 12.9 Å². The molecule has 0 amide bonds. The molecule has 0 aliphatic rings. The molecule has 0 unspecified atom stereocenters. The predicted molar refractivity (Wildman–Crippen MR) is 78.0 cm³/mol. The minimum Gasteiger partial charge on any atom is -0.338 e. The molecule has 0 saturated carbocycles. The van der Waals surface area contributed by atoms with Crippen molar-refractivity contribution in [2.24, 2.45) is 0 Å². The molecular weight excluding hydrogens is 297 g/mol. The molecule has 0 aliphatic heterocycles. The Kier molecular flexibility index (Phi) is 3.23. The zero-order chi connectivity index (χ0) is 14.3. The molecule has 3 rings (SSSR count). The Morgan fingerprint density at radius 1 is 1.30 bits per heavy atom. The van der Waals surface area contributed by atoms with E-state index in [1.54, 1.807) is 24.5 Å². The summed E-state index contributed by atoms with van der Waals surface area (Å²) in [7, 11) is 0. The number of hydrogen-bond acceptors (Lipinski definition) is 3. The highest BCUT2D eigenvalue weighted by Crippen LogP contribution is 2.25. The van der Waals surface area contributed by atoms with E-state index in [0.29, 0.717) is 27.8 Å². The first-order chi connectivity index (χ1) is 9.56. The second-order valence-electron chi connectivity index (χ2n) is 4.44. The number of benzene rings is 1. The van der Waals surface area contributed by atoms with Crippen LogP contribution in [0.2, 0.25) is 10.0 Å². The lowest BCUT2D eigenvalue weighted by Gasteiger charge is -2.10. The van der Waals surface area contributed by atoms with Crippen molar-refractivity contribution < 1.29 is 0 Å². The maximum absolute atomic E-state index is 7.79. The summed E-state index contributed by atoms with van der Waals surface area (Å²) in [6.45, 7) is 2.29. The Morgan fingerprint density at radius 2 is 2.00 bits per heavy atom. The first kappa shape index (κ1) is 13.1. The van der Waals surface area contributed by atoms with Gasteiger partial charge in [0.25, 0.3) is 0 Å². The molecule has 0 spiro atoms. The molecule has 2 aromatic heterocycles. The minimum atomic E-state index is 0.169. The number of aromatic nitrogens is 4. The zero-order valence-corrected chi connectivity index (χ0v) is 12.1. The lowest BCUT2D eigenvalue weighted by atomic mass is 10.2. The predicted octanol–water partition coefficient (Wildman–Crippen LogP) is 2.90. The number of H-pyrrole nitrogens is 1. The van der Waals surface area contributed by atoms with Crippen LogP contribution >= 0.6 is 23.2 Å². The standard InChI is InChI=1S/C13H11Cl2N5/c1-7-18-11-12(16)17-6-20(13(11)19-7)5-8-9(14)3-2-4-10(8)15/h2-4,6,16H,5H2,1H3,(H,18,19). The number of hydrogen-bond donors (Lipinski definition) is 2. The Labute approximate surface area is 124 Å². The summed E-state index contributed by atoms with van der Waals surface area (Å²) in [5.41, 5.74) is 2.25. The average Bonchev–Trinajstić information content (AvgIpc) is 2.79. The average molecular weight is 308 g/mol. The molecule has 5 nitrogen and oxygen atoms in total. The van der Waals surface area contributed by atoms with Gasteiger partial charge in [0.2, 0.25) is 0 Å². The number of nitrogens with zero attached hydrogens (tertiary/aromatic N) is 3. The monoisotopic (exact) mass is 307 g/mol. The van der Waals surface area contributed by atoms with Crippen molar-refractivity contribution in [2.45, 2.75) is 13.5 Å². The summed E-state index contributed by atoms with van der Waals surface area (Å²) in [6, 6.07) is 5.39. The highest BCUT2D eigenvalue weighted by molar-refractivity contribution is 6.35. The molecule has 0 radical (unpaired) electrons. The number of nitrogens with one attached hydrogen (secondary N) is 2. The summed E-state index contributed by atoms with van der Waals surface area (Å²) >= 11 is 12.4. The second kappa shape index (κ2) is 4.92. The molecule has 7 heteroatoms. The van der Waals surface area contributed by atoms with Crippen LogP contribution in [0.1, 0.15) is 11.4 Å². The fourth-order valence-electron chi connectivity index (χ4n) is 2.07. The van der Waals surface area contributed by atoms with Crippen molar-refractivity contribution in [3.8, 4) is 0 Å². The van der Waals surface area contributed by atoms with E-state index in [4.69, 9.17) is 28.6 Å². The number of halogens is 2. The van der Waals surface area contributed by atoms with E-state index in [0.717, 1.165) is 11.4 Å². The van der Waals surface area contributed by atoms with E-state index in [2.05, 4.69) is 15.0 Å². The molecular formula is C13H11Cl2N5. The molecule has 3 aromatic rings. The first-order valence-electron chi connectivity index (χ1n) is 5.95. The first-order valence-corrected chi connectivity index (χ1v) is 6.71. The van der Waals surface area contributed by atoms with Crippen LogP contribution in [-0.2, 0) is 6.54 Å². The smallest absolute Gasteiger partial charge is 0.173 e. The number of aryl methyl sites for hydroxylation is 1. The largest absolute Gasteiger partial charge is 0.338 e. The van der Waals surface area contributed by atoms with Crippen molar-refractivity contribution in [3.05, 3.63) is 51.4 Å². The van der Waals surface area contributed by atoms with Gasteiger partial charge in [-0.1, -0.05) is 29.3 Å². The van der Waals surface area contributed by atoms with Crippen molar-refractivity contribution in [2.75, 3.05) is 0 Å². The molecule has 0 fully saturated rings. The Hall–Kier alpha value is -1.85. The topological polar surface area (TPSA) is 70.3 Å². The number of imidazole rings is 1. The molecule has 1 aromatic carbocycles. The highest BCUT2D eigenvalue weighted by Gasteiger charge is 2.11. The summed E-state index contributed by atoms with van der Waals surface area (Å²) < 4.78 is 1.82. The van der Waals surface area contributed by atoms with E-state index in [1.807, 2.05) is 11.5 Å². The molecule has 20 heavy (non-hydrogen) atoms. The molecule has 0 bridgehead atoms. The van der Waals surface area contributed by atoms with E-state index in [-0.39, 0.29) is 5.49 Å². The van der Waals surface area contributed by atoms with Crippen molar-refractivity contribution >= 4 is 34.4 Å². The summed E-state index contributed by atoms with van der Waals surface area (Å²) in [4.78, 5) is 11.5. The van der Waals surface area contributed by atoms with Crippen LogP contribution < -0.4 is 5.49 Å². The van der Waals surface area contributed by atoms with Crippen molar-refractivity contribution in [3.63, 3.8) is 0 Å². The van der Waals surface area contributed by atoms with Crippen LogP contribution in [0.5, 0.6) is 0 Å². The van der Waals surface area contributed by atoms with Crippen molar-refractivity contribution in [1.29, 1.82) is 5.41 Å². The van der Waals surface area contributed by atoms with Crippen LogP contribution in [0.3, 0.4) is 0 Å². The Bertz CT molecular complexity index is 829. The summed E-state index contributed by atoms with van der Waals surface area (Å²) in [5, 5.41) is 8.99. The molecule has 0 saturated heterocycles. The van der Waals surface area contributed by atoms with E-state index < -0.39 is 0 Å². The lowest BCUT2D eigenvalue weighted by Crippen LogP contribution is -2.13. The van der Waals surface area contributed by atoms with Gasteiger partial charge in [0.15, 0.2) is 11.1 Å². The molecule has 102 valence electrons. The van der Waals surface area contributed by atoms with E-state index in [1.165, 1.54) is 0 Å². The van der Waals surface area contributed by atoms with Crippen LogP contribution in [0.4, 0.5) is 0 Å². The summed E-state index contributed by atoms with van der Waals surface area (Å²) in [6.07, 6.45) is 1.57. The molecule has 0 aliphatic carbocycles. The van der Waals surface area contributed by atoms with E-state index >= 15 is 0 Å². The van der Waals surface area contributed by atoms with Crippen molar-refractivity contribution in [1.82, 2.24) is 19.5 Å². The van der Waals surface area contributed by atoms with Gasteiger partial charge >= 0.3 is 0 Å². The molecule has 0 atom stereocenters. The van der Waals surface area contributed by atoms with Gasteiger partial charge < -0.3 is 9.55 Å². The zero-order valence-electron chi connectivity index (χ0n) is 10.6. The number of rotatable bonds is 2. The van der Waals surface area contributed by atoms with Gasteiger partial charge in [0, 0.05) is 15.6 Å². The van der Waals surface area contributed by atoms with Gasteiger partial charge in [-0.3, -0.25) is 5.41 Å². The van der Waals surface area contributed by atoms with Gasteiger partial charge in [-0.05, 0) is 19.1 Å². The second-order valence-corrected chi connectivity index (χ2v) is 5.26. The summed E-state index contributed by atoms with van der Waals surface area (Å²) in [5.74, 6) is 0.737. The van der Waals surface area contributed by atoms with Gasteiger partial charge in [-0.25, -0.2) is 9.97 Å². The SMILES string of the molecule is Cc1nc2c([nH]1)c(=N)ncn2Cc1c(Cl)cccc1Cl. The van der Waals surface area contributed by atoms with Gasteiger partial charge in [0.1, 0.15) is 11.3 Å². The fraction of sp³-hybridized carbons (Fsp3) is 0.154. The minimum absolute atomic E-state index is 0.169. The van der Waals surface area contributed by atoms with Gasteiger partial charge in [-0.15, -0.1) is 0 Å². The third kappa shape index (κ3) is 2.19. The van der Waals surface area contributed by atoms with Crippen LogP contribution in [0.25, 0.3) is 11.2 Å². The molecule has 2 heterocycles. The Morgan fingerprint density at radius 3 is 2.70 bits per heavy atom. The normalized spacial score (nSPS) is 11.2. The highest BCUT2D eigenvalue weighted by atomic mass is 35.5. The third-order valence-electron chi connectivity index (χ3n) is 3.03. The lowest BCUT2D eigenvalue weighted by molar-refractivity contribution is 0.783. The van der Waals surface area contributed by atoms with Crippen LogP contribution in [0.15, 0.2) is 24.5 Å². The third-order valence-corrected chi connectivity index (χ3v) is 3.74. The van der Waals surface area contributed by atoms with Crippen LogP contribution in [-0.4, -0.2) is 19.5 Å². The quantitative estimate of drug-likeness (QED) is 0.764. The maximum atomic E-state index is 7.79. The fourth-order valence-corrected chi connectivity index (χ4v) is 2.59. The van der Waals surface area contributed by atoms with Crippen LogP contribution in [0, 0.1) is 12.3 Å². The number of fused-ring (bicyclic) bond motifs is 1. The molecule has 2 N–H and O–H groups in total. The Balaban J connectivity index is 2.16. The maximum Gasteiger partial charge on any atom is 0.173 e. The van der Waals surface area contributed by atoms with Gasteiger partial charge in [-0.2, -0.15) is 0 Å². The number of aromatic amines is 1. The van der Waals surface area contributed by atoms with E-state index in [9.17, 15) is 0 Å².